The van der Waals surface area contributed by atoms with Crippen molar-refractivity contribution in [3.8, 4) is 22.8 Å². The fraction of sp³-hybridized carbons (Fsp3) is 0.364. The molecule has 0 saturated carbocycles. The first kappa shape index (κ1) is 20.8. The minimum absolute atomic E-state index is 0.539. The number of ether oxygens (including phenoxy) is 2. The van der Waals surface area contributed by atoms with Gasteiger partial charge in [-0.2, -0.15) is 0 Å². The Balaban J connectivity index is 2.14. The van der Waals surface area contributed by atoms with Crippen LogP contribution in [0.3, 0.4) is 0 Å². The number of halogens is 2. The molecule has 0 unspecified atom stereocenters. The van der Waals surface area contributed by atoms with E-state index in [-0.39, 0.29) is 0 Å². The third-order valence-electron chi connectivity index (χ3n) is 4.68. The summed E-state index contributed by atoms with van der Waals surface area (Å²) in [4.78, 5) is 3.49. The molecule has 0 bridgehead atoms. The van der Waals surface area contributed by atoms with E-state index in [1.54, 1.807) is 0 Å². The van der Waals surface area contributed by atoms with Crippen LogP contribution in [-0.4, -0.2) is 24.7 Å². The van der Waals surface area contributed by atoms with Gasteiger partial charge in [0.1, 0.15) is 0 Å². The van der Waals surface area contributed by atoms with Crippen molar-refractivity contribution in [3.05, 3.63) is 45.9 Å². The average molecular weight is 421 g/mol. The smallest absolute Gasteiger partial charge is 0.161 e. The summed E-state index contributed by atoms with van der Waals surface area (Å²) in [6.07, 6.45) is 2.88. The van der Waals surface area contributed by atoms with Gasteiger partial charge in [0.2, 0.25) is 0 Å². The molecule has 3 rings (SSSR count). The van der Waals surface area contributed by atoms with Gasteiger partial charge in [0, 0.05) is 16.6 Å². The topological polar surface area (TPSA) is 60.3 Å². The second-order valence-corrected chi connectivity index (χ2v) is 7.32. The van der Waals surface area contributed by atoms with Crippen molar-refractivity contribution in [3.63, 3.8) is 0 Å². The number of nitrogens with one attached hydrogen (secondary N) is 1. The summed E-state index contributed by atoms with van der Waals surface area (Å²) in [6, 6.07) is 9.88. The number of hydrogen-bond donors (Lipinski definition) is 2. The first-order valence-electron chi connectivity index (χ1n) is 9.69. The fourth-order valence-electron chi connectivity index (χ4n) is 3.42. The van der Waals surface area contributed by atoms with E-state index >= 15 is 0 Å². The number of rotatable bonds is 9. The van der Waals surface area contributed by atoms with E-state index in [9.17, 15) is 0 Å². The number of unbranched alkanes of at least 4 members (excludes halogenated alkanes) is 1. The molecule has 1 heterocycles. The second-order valence-electron chi connectivity index (χ2n) is 6.54. The van der Waals surface area contributed by atoms with Crippen LogP contribution in [0.25, 0.3) is 22.2 Å². The third-order valence-corrected chi connectivity index (χ3v) is 5.49. The number of H-pyrrole nitrogens is 1. The number of aromatic amines is 1. The first-order valence-corrected chi connectivity index (χ1v) is 10.4. The van der Waals surface area contributed by atoms with E-state index in [1.807, 2.05) is 44.2 Å². The molecule has 3 aromatic rings. The minimum Gasteiger partial charge on any atom is -0.490 e. The van der Waals surface area contributed by atoms with Crippen LogP contribution in [0.1, 0.15) is 32.3 Å². The molecule has 0 aliphatic rings. The standard InChI is InChI=1S/C22H26Cl2N2O2/c1-3-27-18-11-8-14(13-19(18)28-4-2)21-15(7-5-6-12-25)16-9-10-17(23)20(24)22(16)26-21/h8-11,13,26H,3-7,12,25H2,1-2H3. The van der Waals surface area contributed by atoms with Crippen molar-refractivity contribution < 1.29 is 9.47 Å². The van der Waals surface area contributed by atoms with E-state index in [2.05, 4.69) is 4.98 Å². The zero-order chi connectivity index (χ0) is 20.1. The lowest BCUT2D eigenvalue weighted by molar-refractivity contribution is 0.288. The quantitative estimate of drug-likeness (QED) is 0.403. The maximum atomic E-state index is 6.48. The van der Waals surface area contributed by atoms with Gasteiger partial charge in [-0.3, -0.25) is 0 Å². The highest BCUT2D eigenvalue weighted by molar-refractivity contribution is 6.45. The molecule has 6 heteroatoms. The lowest BCUT2D eigenvalue weighted by atomic mass is 10.00. The van der Waals surface area contributed by atoms with E-state index in [0.717, 1.165) is 52.9 Å². The molecule has 3 N–H and O–H groups in total. The largest absolute Gasteiger partial charge is 0.490 e. The van der Waals surface area contributed by atoms with E-state index in [4.69, 9.17) is 38.4 Å². The van der Waals surface area contributed by atoms with Gasteiger partial charge in [-0.15, -0.1) is 0 Å². The molecule has 0 aliphatic heterocycles. The van der Waals surface area contributed by atoms with Gasteiger partial charge in [0.05, 0.1) is 28.8 Å². The number of aryl methyl sites for hydroxylation is 1. The first-order chi connectivity index (χ1) is 13.6. The van der Waals surface area contributed by atoms with Crippen LogP contribution in [-0.2, 0) is 6.42 Å². The average Bonchev–Trinajstić information content (AvgIpc) is 3.06. The van der Waals surface area contributed by atoms with E-state index < -0.39 is 0 Å². The summed E-state index contributed by atoms with van der Waals surface area (Å²) in [5.74, 6) is 1.48. The zero-order valence-corrected chi connectivity index (χ0v) is 17.8. The maximum Gasteiger partial charge on any atom is 0.161 e. The molecule has 150 valence electrons. The lowest BCUT2D eigenvalue weighted by Gasteiger charge is -2.13. The van der Waals surface area contributed by atoms with Crippen molar-refractivity contribution >= 4 is 34.1 Å². The van der Waals surface area contributed by atoms with Gasteiger partial charge < -0.3 is 20.2 Å². The van der Waals surface area contributed by atoms with Crippen LogP contribution < -0.4 is 15.2 Å². The SMILES string of the molecule is CCOc1ccc(-c2[nH]c3c(Cl)c(Cl)ccc3c2CCCCN)cc1OCC. The summed E-state index contributed by atoms with van der Waals surface area (Å²) < 4.78 is 11.5. The Hall–Kier alpha value is -1.88. The molecule has 0 saturated heterocycles. The molecule has 0 aliphatic carbocycles. The van der Waals surface area contributed by atoms with Gasteiger partial charge in [-0.25, -0.2) is 0 Å². The van der Waals surface area contributed by atoms with Crippen LogP contribution in [0.15, 0.2) is 30.3 Å². The minimum atomic E-state index is 0.539. The molecule has 0 radical (unpaired) electrons. The van der Waals surface area contributed by atoms with Crippen LogP contribution in [0.5, 0.6) is 11.5 Å². The molecular weight excluding hydrogens is 395 g/mol. The van der Waals surface area contributed by atoms with Crippen LogP contribution in [0.2, 0.25) is 10.0 Å². The number of hydrogen-bond acceptors (Lipinski definition) is 3. The van der Waals surface area contributed by atoms with Crippen LogP contribution in [0, 0.1) is 0 Å². The Labute approximate surface area is 175 Å². The molecule has 1 aromatic heterocycles. The molecule has 0 atom stereocenters. The number of benzene rings is 2. The molecule has 28 heavy (non-hydrogen) atoms. The van der Waals surface area contributed by atoms with Gasteiger partial charge in [0.15, 0.2) is 11.5 Å². The van der Waals surface area contributed by atoms with Crippen molar-refractivity contribution in [1.82, 2.24) is 4.98 Å². The summed E-state index contributed by atoms with van der Waals surface area (Å²) in [5.41, 5.74) is 9.83. The molecule has 0 spiro atoms. The monoisotopic (exact) mass is 420 g/mol. The van der Waals surface area contributed by atoms with E-state index in [0.29, 0.717) is 29.8 Å². The third kappa shape index (κ3) is 4.24. The predicted molar refractivity (Wildman–Crippen MR) is 118 cm³/mol. The zero-order valence-electron chi connectivity index (χ0n) is 16.3. The van der Waals surface area contributed by atoms with Crippen LogP contribution in [0.4, 0.5) is 0 Å². The Bertz CT molecular complexity index is 953. The normalized spacial score (nSPS) is 11.2. The fourth-order valence-corrected chi connectivity index (χ4v) is 3.79. The van der Waals surface area contributed by atoms with Crippen molar-refractivity contribution in [2.24, 2.45) is 5.73 Å². The number of aromatic nitrogens is 1. The molecule has 0 fully saturated rings. The van der Waals surface area contributed by atoms with Gasteiger partial charge in [0.25, 0.3) is 0 Å². The molecule has 4 nitrogen and oxygen atoms in total. The summed E-state index contributed by atoms with van der Waals surface area (Å²) in [5, 5.41) is 2.17. The highest BCUT2D eigenvalue weighted by Gasteiger charge is 2.18. The molecular formula is C22H26Cl2N2O2. The summed E-state index contributed by atoms with van der Waals surface area (Å²) >= 11 is 12.7. The van der Waals surface area contributed by atoms with Crippen molar-refractivity contribution in [2.75, 3.05) is 19.8 Å². The molecule has 0 amide bonds. The Kier molecular flexibility index (Phi) is 7.11. The highest BCUT2D eigenvalue weighted by Crippen LogP contribution is 2.40. The number of fused-ring (bicyclic) bond motifs is 1. The van der Waals surface area contributed by atoms with Gasteiger partial charge in [-0.1, -0.05) is 29.3 Å². The maximum absolute atomic E-state index is 6.48. The summed E-state index contributed by atoms with van der Waals surface area (Å²) in [7, 11) is 0. The highest BCUT2D eigenvalue weighted by atomic mass is 35.5. The summed E-state index contributed by atoms with van der Waals surface area (Å²) in [6.45, 7) is 5.76. The predicted octanol–water partition coefficient (Wildman–Crippen LogP) is 6.22. The van der Waals surface area contributed by atoms with Gasteiger partial charge >= 0.3 is 0 Å². The molecule has 2 aromatic carbocycles. The Morgan fingerprint density at radius 1 is 0.964 bits per heavy atom. The Morgan fingerprint density at radius 3 is 2.43 bits per heavy atom. The van der Waals surface area contributed by atoms with Crippen molar-refractivity contribution in [2.45, 2.75) is 33.1 Å². The number of nitrogens with two attached hydrogens (primary N) is 1. The van der Waals surface area contributed by atoms with E-state index in [1.165, 1.54) is 5.56 Å². The Morgan fingerprint density at radius 2 is 1.71 bits per heavy atom. The second kappa shape index (κ2) is 9.55. The van der Waals surface area contributed by atoms with Crippen molar-refractivity contribution in [1.29, 1.82) is 0 Å². The van der Waals surface area contributed by atoms with Crippen LogP contribution >= 0.6 is 23.2 Å². The lowest BCUT2D eigenvalue weighted by Crippen LogP contribution is -2.00. The van der Waals surface area contributed by atoms with Gasteiger partial charge in [-0.05, 0) is 69.5 Å².